The summed E-state index contributed by atoms with van der Waals surface area (Å²) in [5.41, 5.74) is 0.942. The van der Waals surface area contributed by atoms with E-state index in [9.17, 15) is 29.7 Å². The summed E-state index contributed by atoms with van der Waals surface area (Å²) in [5, 5.41) is 36.3. The van der Waals surface area contributed by atoms with Gasteiger partial charge in [0.05, 0.1) is 25.3 Å². The summed E-state index contributed by atoms with van der Waals surface area (Å²) in [5.74, 6) is -2.37. The molecule has 3 unspecified atom stereocenters. The second-order valence-corrected chi connectivity index (χ2v) is 8.18. The molecule has 38 heavy (non-hydrogen) atoms. The molecule has 0 saturated carbocycles. The Balaban J connectivity index is 2.28. The minimum absolute atomic E-state index is 0.0241. The topological polar surface area (TPSA) is 164 Å². The number of carbonyl (C=O) groups is 3. The fourth-order valence-electron chi connectivity index (χ4n) is 3.32. The number of oxime groups is 1. The first kappa shape index (κ1) is 30.0. The van der Waals surface area contributed by atoms with Gasteiger partial charge >= 0.3 is 11.9 Å². The van der Waals surface area contributed by atoms with Crippen molar-refractivity contribution in [2.45, 2.75) is 44.5 Å². The van der Waals surface area contributed by atoms with Crippen molar-refractivity contribution in [3.05, 3.63) is 77.6 Å². The average molecular weight is 529 g/mol. The number of aliphatic hydroxyl groups excluding tert-OH is 2. The quantitative estimate of drug-likeness (QED) is 0.136. The molecule has 0 spiro atoms. The second-order valence-electron chi connectivity index (χ2n) is 8.18. The first-order valence-electron chi connectivity index (χ1n) is 11.8. The highest BCUT2D eigenvalue weighted by Crippen LogP contribution is 2.25. The van der Waals surface area contributed by atoms with E-state index in [0.29, 0.717) is 11.1 Å². The van der Waals surface area contributed by atoms with Gasteiger partial charge in [0.1, 0.15) is 30.6 Å². The first-order valence-corrected chi connectivity index (χ1v) is 11.8. The summed E-state index contributed by atoms with van der Waals surface area (Å²) < 4.78 is 10.8. The van der Waals surface area contributed by atoms with Gasteiger partial charge in [-0.2, -0.15) is 0 Å². The molecular weight excluding hydrogens is 496 g/mol. The van der Waals surface area contributed by atoms with E-state index in [2.05, 4.69) is 15.3 Å². The highest BCUT2D eigenvalue weighted by molar-refractivity contribution is 5.94. The predicted octanol–water partition coefficient (Wildman–Crippen LogP) is 1.84. The van der Waals surface area contributed by atoms with Crippen LogP contribution in [0, 0.1) is 0 Å². The highest BCUT2D eigenvalue weighted by atomic mass is 16.6. The fraction of sp³-hybridized carbons (Fsp3) is 0.333. The van der Waals surface area contributed by atoms with E-state index in [1.807, 2.05) is 0 Å². The molecule has 0 aromatic heterocycles. The highest BCUT2D eigenvalue weighted by Gasteiger charge is 2.25. The maximum Gasteiger partial charge on any atom is 0.342 e. The Hall–Kier alpha value is -4.22. The van der Waals surface area contributed by atoms with Crippen molar-refractivity contribution in [1.29, 1.82) is 0 Å². The molecule has 3 atom stereocenters. The number of aromatic hydroxyl groups is 1. The van der Waals surface area contributed by atoms with Crippen molar-refractivity contribution in [2.24, 2.45) is 5.16 Å². The van der Waals surface area contributed by atoms with Crippen LogP contribution in [-0.2, 0) is 30.3 Å². The van der Waals surface area contributed by atoms with Crippen molar-refractivity contribution in [3.8, 4) is 5.75 Å². The lowest BCUT2D eigenvalue weighted by Gasteiger charge is -2.19. The molecule has 0 bridgehead atoms. The van der Waals surface area contributed by atoms with Crippen LogP contribution in [0.5, 0.6) is 5.75 Å². The number of fused-ring (bicyclic) bond motifs is 1. The average Bonchev–Trinajstić information content (AvgIpc) is 2.89. The third-order valence-electron chi connectivity index (χ3n) is 5.32. The summed E-state index contributed by atoms with van der Waals surface area (Å²) >= 11 is 0. The van der Waals surface area contributed by atoms with Crippen LogP contribution in [0.1, 0.15) is 35.7 Å². The number of ether oxygens (including phenoxy) is 2. The molecule has 11 nitrogen and oxygen atoms in total. The number of phenols is 1. The van der Waals surface area contributed by atoms with E-state index >= 15 is 0 Å². The van der Waals surface area contributed by atoms with Gasteiger partial charge in [-0.3, -0.25) is 9.59 Å². The second kappa shape index (κ2) is 15.8. The molecule has 11 heteroatoms. The number of esters is 2. The summed E-state index contributed by atoms with van der Waals surface area (Å²) in [6, 6.07) is 4.57. The van der Waals surface area contributed by atoms with Crippen molar-refractivity contribution in [2.75, 3.05) is 13.7 Å². The van der Waals surface area contributed by atoms with Gasteiger partial charge in [-0.25, -0.2) is 4.79 Å². The monoisotopic (exact) mass is 528 g/mol. The van der Waals surface area contributed by atoms with E-state index in [0.717, 1.165) is 0 Å². The Labute approximate surface area is 220 Å². The molecule has 0 radical (unpaired) electrons. The van der Waals surface area contributed by atoms with Gasteiger partial charge in [-0.05, 0) is 42.7 Å². The number of phenolic OH excluding ortho intramolecular Hbond substituents is 1. The summed E-state index contributed by atoms with van der Waals surface area (Å²) in [7, 11) is 1.37. The Morgan fingerprint density at radius 3 is 2.79 bits per heavy atom. The van der Waals surface area contributed by atoms with Crippen LogP contribution in [0.2, 0.25) is 0 Å². The van der Waals surface area contributed by atoms with Gasteiger partial charge in [0.25, 0.3) is 0 Å². The van der Waals surface area contributed by atoms with Gasteiger partial charge < -0.3 is 34.9 Å². The molecule has 1 aromatic carbocycles. The number of allylic oxidation sites excluding steroid dienone is 2. The number of nitrogens with one attached hydrogen (secondary N) is 1. The lowest BCUT2D eigenvalue weighted by atomic mass is 10.0. The number of carbonyl (C=O) groups excluding carboxylic acids is 3. The van der Waals surface area contributed by atoms with Crippen LogP contribution in [0.3, 0.4) is 0 Å². The Morgan fingerprint density at radius 1 is 1.26 bits per heavy atom. The van der Waals surface area contributed by atoms with Crippen molar-refractivity contribution < 1.29 is 44.0 Å². The zero-order chi connectivity index (χ0) is 27.9. The molecule has 1 aromatic rings. The molecule has 204 valence electrons. The normalized spacial score (nSPS) is 23.6. The first-order chi connectivity index (χ1) is 18.2. The van der Waals surface area contributed by atoms with Gasteiger partial charge in [-0.15, -0.1) is 0 Å². The zero-order valence-electron chi connectivity index (χ0n) is 21.1. The van der Waals surface area contributed by atoms with Crippen LogP contribution < -0.4 is 5.32 Å². The minimum atomic E-state index is -1.02. The van der Waals surface area contributed by atoms with Crippen molar-refractivity contribution >= 4 is 24.1 Å². The summed E-state index contributed by atoms with van der Waals surface area (Å²) in [6.07, 6.45) is 7.96. The summed E-state index contributed by atoms with van der Waals surface area (Å²) in [6.45, 7) is 1.16. The Kier molecular flexibility index (Phi) is 12.5. The van der Waals surface area contributed by atoms with Crippen LogP contribution in [-0.4, -0.2) is 71.4 Å². The number of amides is 1. The third kappa shape index (κ3) is 10.0. The van der Waals surface area contributed by atoms with E-state index < -0.39 is 42.8 Å². The molecule has 0 saturated heterocycles. The molecule has 0 aliphatic carbocycles. The maximum atomic E-state index is 13.1. The molecule has 1 aliphatic heterocycles. The smallest absolute Gasteiger partial charge is 0.342 e. The third-order valence-corrected chi connectivity index (χ3v) is 5.32. The number of hydrogen-bond acceptors (Lipinski definition) is 10. The maximum absolute atomic E-state index is 13.1. The van der Waals surface area contributed by atoms with Crippen LogP contribution >= 0.6 is 0 Å². The SMILES string of the molecule is CO/N=C\C=C\C(=O)N/C=C/CC1CC(=O)OC(CO)/C=C/C(O)/C(C)=C\Cc2cccc(O)c2C(=O)O1. The van der Waals surface area contributed by atoms with Gasteiger partial charge in [0, 0.05) is 18.7 Å². The van der Waals surface area contributed by atoms with Crippen LogP contribution in [0.15, 0.2) is 71.6 Å². The number of rotatable bonds is 7. The molecular formula is C27H32N2O9. The Bertz CT molecular complexity index is 1120. The fourth-order valence-corrected chi connectivity index (χ4v) is 3.32. The van der Waals surface area contributed by atoms with Crippen molar-refractivity contribution in [3.63, 3.8) is 0 Å². The predicted molar refractivity (Wildman–Crippen MR) is 138 cm³/mol. The summed E-state index contributed by atoms with van der Waals surface area (Å²) in [4.78, 5) is 41.9. The lowest BCUT2D eigenvalue weighted by Crippen LogP contribution is -2.27. The van der Waals surface area contributed by atoms with Gasteiger partial charge in [-0.1, -0.05) is 35.5 Å². The molecule has 1 amide bonds. The molecule has 1 aliphatic rings. The van der Waals surface area contributed by atoms with E-state index in [1.54, 1.807) is 25.1 Å². The van der Waals surface area contributed by atoms with E-state index in [1.165, 1.54) is 56.0 Å². The number of aliphatic hydroxyl groups is 2. The standard InChI is InChI=1S/C27H32N2O9/c1-18-10-11-19-6-3-8-23(32)26(19)27(35)38-20(7-4-14-28-24(33)9-5-15-29-36-2)16-25(34)37-21(17-30)12-13-22(18)31/h3-6,8-10,12-15,20-22,30-32H,7,11,16-17H2,1-2H3,(H,28,33)/b9-5+,13-12+,14-4+,18-10-,29-15-. The molecule has 4 N–H and O–H groups in total. The van der Waals surface area contributed by atoms with Crippen LogP contribution in [0.4, 0.5) is 0 Å². The minimum Gasteiger partial charge on any atom is -0.507 e. The largest absolute Gasteiger partial charge is 0.507 e. The number of hydrogen-bond donors (Lipinski definition) is 4. The van der Waals surface area contributed by atoms with Gasteiger partial charge in [0.15, 0.2) is 0 Å². The van der Waals surface area contributed by atoms with Crippen LogP contribution in [0.25, 0.3) is 0 Å². The van der Waals surface area contributed by atoms with Crippen molar-refractivity contribution in [1.82, 2.24) is 5.32 Å². The lowest BCUT2D eigenvalue weighted by molar-refractivity contribution is -0.150. The molecule has 1 heterocycles. The van der Waals surface area contributed by atoms with Gasteiger partial charge in [0.2, 0.25) is 5.91 Å². The van der Waals surface area contributed by atoms with E-state index in [4.69, 9.17) is 9.47 Å². The molecule has 0 fully saturated rings. The Morgan fingerprint density at radius 2 is 2.05 bits per heavy atom. The molecule has 2 rings (SSSR count). The number of benzene rings is 1. The number of cyclic esters (lactones) is 2. The van der Waals surface area contributed by atoms with E-state index in [-0.39, 0.29) is 30.6 Å². The number of nitrogens with zero attached hydrogens (tertiary/aromatic N) is 1. The zero-order valence-corrected chi connectivity index (χ0v) is 21.1.